The van der Waals surface area contributed by atoms with Gasteiger partial charge < -0.3 is 0 Å². The van der Waals surface area contributed by atoms with Crippen LogP contribution in [-0.4, -0.2) is 5.78 Å². The average Bonchev–Trinajstić information content (AvgIpc) is 2.89. The molecule has 0 radical (unpaired) electrons. The maximum atomic E-state index is 12.2. The van der Waals surface area contributed by atoms with Crippen LogP contribution in [0.4, 0.5) is 0 Å². The lowest BCUT2D eigenvalue weighted by Crippen LogP contribution is -2.27. The first-order valence-electron chi connectivity index (χ1n) is 15.0. The van der Waals surface area contributed by atoms with Crippen LogP contribution in [0, 0.1) is 11.8 Å². The molecule has 0 heterocycles. The molecule has 0 atom stereocenters. The molecule has 0 aliphatic heterocycles. The van der Waals surface area contributed by atoms with Gasteiger partial charge in [0.25, 0.3) is 0 Å². The Labute approximate surface area is 247 Å². The van der Waals surface area contributed by atoms with Crippen molar-refractivity contribution in [1.82, 2.24) is 0 Å². The van der Waals surface area contributed by atoms with Crippen molar-refractivity contribution < 1.29 is 4.79 Å². The summed E-state index contributed by atoms with van der Waals surface area (Å²) in [6.45, 7) is 17.2. The Morgan fingerprint density at radius 1 is 0.737 bits per heavy atom. The molecule has 0 unspecified atom stereocenters. The Kier molecular flexibility index (Phi) is 13.1. The molecule has 0 amide bonds. The Balaban J connectivity index is 0.000000272. The lowest BCUT2D eigenvalue weighted by atomic mass is 9.77. The fourth-order valence-corrected chi connectivity index (χ4v) is 6.69. The summed E-state index contributed by atoms with van der Waals surface area (Å²) in [5, 5.41) is 0.830. The molecule has 0 spiro atoms. The molecule has 2 aliphatic carbocycles. The molecule has 1 nitrogen and oxygen atoms in total. The summed E-state index contributed by atoms with van der Waals surface area (Å²) < 4.78 is 1.11. The predicted molar refractivity (Wildman–Crippen MR) is 171 cm³/mol. The number of hydrogen-bond donors (Lipinski definition) is 0. The average molecular weight is 604 g/mol. The van der Waals surface area contributed by atoms with Gasteiger partial charge in [0.1, 0.15) is 5.78 Å². The van der Waals surface area contributed by atoms with Gasteiger partial charge in [-0.3, -0.25) is 4.79 Å². The zero-order valence-electron chi connectivity index (χ0n) is 25.4. The SMILES string of the molecule is CC.CC(C)(C)c1ccc(-c2ccc(C(C)(C)C)c(Cl)c2)c(Br)c1.O=C(C1CCCCC1)C1CCCCC1. The van der Waals surface area contributed by atoms with E-state index in [0.29, 0.717) is 17.6 Å². The summed E-state index contributed by atoms with van der Waals surface area (Å²) in [5.74, 6) is 1.53. The molecule has 0 N–H and O–H groups in total. The summed E-state index contributed by atoms with van der Waals surface area (Å²) in [4.78, 5) is 12.2. The first kappa shape index (κ1) is 33.1. The minimum absolute atomic E-state index is 0.0585. The van der Waals surface area contributed by atoms with Crippen LogP contribution < -0.4 is 0 Å². The van der Waals surface area contributed by atoms with Crippen LogP contribution in [0.3, 0.4) is 0 Å². The van der Waals surface area contributed by atoms with Crippen LogP contribution in [0.2, 0.25) is 5.02 Å². The fourth-order valence-electron chi connectivity index (χ4n) is 5.61. The van der Waals surface area contributed by atoms with E-state index < -0.39 is 0 Å². The minimum Gasteiger partial charge on any atom is -0.299 e. The second kappa shape index (κ2) is 15.0. The van der Waals surface area contributed by atoms with Gasteiger partial charge in [-0.05, 0) is 70.9 Å². The topological polar surface area (TPSA) is 17.1 Å². The standard InChI is InChI=1S/C20H24BrCl.C13H22O.C2H6/c1-19(2,3)14-8-9-15(17(21)12-14)13-7-10-16(18(22)11-13)20(4,5)6;14-13(11-7-3-1-4-8-11)12-9-5-2-6-10-12;1-2/h7-12H,1-6H3;11-12H,1-10H2;1-2H3. The highest BCUT2D eigenvalue weighted by Gasteiger charge is 2.28. The van der Waals surface area contributed by atoms with Crippen molar-refractivity contribution in [3.05, 3.63) is 57.0 Å². The molecule has 3 heteroatoms. The maximum absolute atomic E-state index is 12.2. The van der Waals surface area contributed by atoms with E-state index in [-0.39, 0.29) is 10.8 Å². The molecule has 2 aromatic carbocycles. The highest BCUT2D eigenvalue weighted by Crippen LogP contribution is 2.37. The lowest BCUT2D eigenvalue weighted by Gasteiger charge is -2.27. The van der Waals surface area contributed by atoms with Crippen LogP contribution in [0.25, 0.3) is 11.1 Å². The number of carbonyl (C=O) groups excluding carboxylic acids is 1. The van der Waals surface area contributed by atoms with Crippen molar-refractivity contribution in [1.29, 1.82) is 0 Å². The molecule has 2 aliphatic rings. The van der Waals surface area contributed by atoms with Crippen molar-refractivity contribution in [2.75, 3.05) is 0 Å². The zero-order chi connectivity index (χ0) is 28.5. The van der Waals surface area contributed by atoms with E-state index >= 15 is 0 Å². The van der Waals surface area contributed by atoms with E-state index in [4.69, 9.17) is 11.6 Å². The van der Waals surface area contributed by atoms with Crippen LogP contribution in [0.1, 0.15) is 131 Å². The van der Waals surface area contributed by atoms with Crippen molar-refractivity contribution >= 4 is 33.3 Å². The van der Waals surface area contributed by atoms with Gasteiger partial charge in [-0.25, -0.2) is 0 Å². The summed E-state index contributed by atoms with van der Waals surface area (Å²) in [7, 11) is 0. The van der Waals surface area contributed by atoms with Crippen LogP contribution >= 0.6 is 27.5 Å². The van der Waals surface area contributed by atoms with Crippen molar-refractivity contribution in [2.45, 2.75) is 130 Å². The minimum atomic E-state index is 0.0585. The van der Waals surface area contributed by atoms with E-state index in [1.807, 2.05) is 13.8 Å². The van der Waals surface area contributed by atoms with E-state index in [0.717, 1.165) is 15.1 Å². The molecule has 212 valence electrons. The maximum Gasteiger partial charge on any atom is 0.139 e. The molecule has 0 bridgehead atoms. The molecular weight excluding hydrogens is 552 g/mol. The number of hydrogen-bond acceptors (Lipinski definition) is 1. The molecule has 2 fully saturated rings. The van der Waals surface area contributed by atoms with Gasteiger partial charge in [-0.15, -0.1) is 0 Å². The van der Waals surface area contributed by atoms with E-state index in [1.54, 1.807) is 0 Å². The number of benzene rings is 2. The van der Waals surface area contributed by atoms with Gasteiger partial charge in [0.05, 0.1) is 0 Å². The Morgan fingerprint density at radius 3 is 1.63 bits per heavy atom. The molecular formula is C35H52BrClO. The molecule has 0 saturated heterocycles. The van der Waals surface area contributed by atoms with Crippen LogP contribution in [-0.2, 0) is 15.6 Å². The van der Waals surface area contributed by atoms with Gasteiger partial charge in [-0.1, -0.05) is 146 Å². The fraction of sp³-hybridized carbons (Fsp3) is 0.629. The normalized spacial score (nSPS) is 17.1. The molecule has 0 aromatic heterocycles. The number of carbonyl (C=O) groups is 1. The number of ketones is 1. The second-order valence-electron chi connectivity index (χ2n) is 13.0. The van der Waals surface area contributed by atoms with Crippen LogP contribution in [0.15, 0.2) is 40.9 Å². The number of rotatable bonds is 3. The molecule has 38 heavy (non-hydrogen) atoms. The van der Waals surface area contributed by atoms with Crippen molar-refractivity contribution in [3.8, 4) is 11.1 Å². The van der Waals surface area contributed by atoms with Gasteiger partial charge in [-0.2, -0.15) is 0 Å². The summed E-state index contributed by atoms with van der Waals surface area (Å²) in [6, 6.07) is 12.9. The van der Waals surface area contributed by atoms with E-state index in [2.05, 4.69) is 93.9 Å². The molecule has 4 rings (SSSR count). The number of halogens is 2. The Hall–Kier alpha value is -1.12. The summed E-state index contributed by atoms with van der Waals surface area (Å²) in [6.07, 6.45) is 12.6. The third kappa shape index (κ3) is 9.51. The van der Waals surface area contributed by atoms with Gasteiger partial charge in [0.2, 0.25) is 0 Å². The Bertz CT molecular complexity index is 995. The van der Waals surface area contributed by atoms with E-state index in [1.165, 1.54) is 80.9 Å². The van der Waals surface area contributed by atoms with Gasteiger partial charge in [0.15, 0.2) is 0 Å². The second-order valence-corrected chi connectivity index (χ2v) is 14.2. The monoisotopic (exact) mass is 602 g/mol. The third-order valence-electron chi connectivity index (χ3n) is 7.94. The quantitative estimate of drug-likeness (QED) is 0.341. The van der Waals surface area contributed by atoms with Crippen molar-refractivity contribution in [2.24, 2.45) is 11.8 Å². The summed E-state index contributed by atoms with van der Waals surface area (Å²) in [5.41, 5.74) is 5.03. The molecule has 2 aromatic rings. The first-order chi connectivity index (χ1) is 17.9. The largest absolute Gasteiger partial charge is 0.299 e. The van der Waals surface area contributed by atoms with Gasteiger partial charge >= 0.3 is 0 Å². The third-order valence-corrected chi connectivity index (χ3v) is 8.91. The lowest BCUT2D eigenvalue weighted by molar-refractivity contribution is -0.128. The smallest absolute Gasteiger partial charge is 0.139 e. The zero-order valence-corrected chi connectivity index (χ0v) is 27.7. The van der Waals surface area contributed by atoms with E-state index in [9.17, 15) is 4.79 Å². The van der Waals surface area contributed by atoms with Gasteiger partial charge in [0, 0.05) is 21.3 Å². The summed E-state index contributed by atoms with van der Waals surface area (Å²) >= 11 is 10.2. The highest BCUT2D eigenvalue weighted by molar-refractivity contribution is 9.10. The molecule has 2 saturated carbocycles. The highest BCUT2D eigenvalue weighted by atomic mass is 79.9. The van der Waals surface area contributed by atoms with Crippen LogP contribution in [0.5, 0.6) is 0 Å². The Morgan fingerprint density at radius 2 is 1.24 bits per heavy atom. The van der Waals surface area contributed by atoms with Crippen molar-refractivity contribution in [3.63, 3.8) is 0 Å². The number of Topliss-reactive ketones (excluding diaryl/α,β-unsaturated/α-hetero) is 1. The predicted octanol–water partition coefficient (Wildman–Crippen LogP) is 12.1. The first-order valence-corrected chi connectivity index (χ1v) is 16.2.